The predicted molar refractivity (Wildman–Crippen MR) is 95.9 cm³/mol. The smallest absolute Gasteiger partial charge is 0.297 e. The Kier molecular flexibility index (Phi) is 5.10. The summed E-state index contributed by atoms with van der Waals surface area (Å²) in [5.41, 5.74) is 0.744. The van der Waals surface area contributed by atoms with Gasteiger partial charge in [-0.25, -0.2) is 9.97 Å². The second-order valence-corrected chi connectivity index (χ2v) is 7.92. The number of halogens is 3. The van der Waals surface area contributed by atoms with E-state index in [1.807, 2.05) is 6.92 Å². The molecule has 1 N–H and O–H groups in total. The summed E-state index contributed by atoms with van der Waals surface area (Å²) in [5, 5.41) is 4.00. The van der Waals surface area contributed by atoms with Crippen LogP contribution in [-0.2, 0) is 12.6 Å². The molecular weight excluding hydrogens is 383 g/mol. The molecule has 26 heavy (non-hydrogen) atoms. The standard InChI is InChI=1S/C17H14F3N3OS2/c1-9-14(25-10(2)22-9)15(24)23-16-21-8-13(26-16)7-11-3-5-12(6-4-11)17(18,19)20/h3-6,8H,7H2,1-2H3,(H,21,23,24). The van der Waals surface area contributed by atoms with Crippen molar-refractivity contribution in [3.63, 3.8) is 0 Å². The number of thiazole rings is 2. The zero-order valence-corrected chi connectivity index (χ0v) is 15.5. The lowest BCUT2D eigenvalue weighted by molar-refractivity contribution is -0.137. The van der Waals surface area contributed by atoms with Gasteiger partial charge in [0.2, 0.25) is 0 Å². The average Bonchev–Trinajstić information content (AvgIpc) is 3.13. The minimum absolute atomic E-state index is 0.261. The van der Waals surface area contributed by atoms with Gasteiger partial charge in [0.25, 0.3) is 5.91 Å². The van der Waals surface area contributed by atoms with Crippen molar-refractivity contribution in [2.45, 2.75) is 26.4 Å². The summed E-state index contributed by atoms with van der Waals surface area (Å²) in [7, 11) is 0. The molecule has 1 amide bonds. The molecule has 0 fully saturated rings. The molecule has 1 aromatic carbocycles. The molecule has 0 aliphatic rings. The van der Waals surface area contributed by atoms with Crippen LogP contribution in [0.1, 0.15) is 36.4 Å². The molecule has 9 heteroatoms. The number of hydrogen-bond acceptors (Lipinski definition) is 5. The first-order chi connectivity index (χ1) is 12.2. The molecule has 0 radical (unpaired) electrons. The number of hydrogen-bond donors (Lipinski definition) is 1. The lowest BCUT2D eigenvalue weighted by Gasteiger charge is -2.06. The molecule has 0 atom stereocenters. The van der Waals surface area contributed by atoms with Crippen molar-refractivity contribution >= 4 is 33.7 Å². The van der Waals surface area contributed by atoms with Crippen molar-refractivity contribution in [3.05, 3.63) is 62.0 Å². The van der Waals surface area contributed by atoms with E-state index in [2.05, 4.69) is 15.3 Å². The molecule has 0 saturated carbocycles. The number of nitrogens with zero attached hydrogens (tertiary/aromatic N) is 2. The van der Waals surface area contributed by atoms with Gasteiger partial charge in [0, 0.05) is 17.5 Å². The number of benzene rings is 1. The maximum absolute atomic E-state index is 12.6. The molecule has 0 spiro atoms. The molecule has 0 bridgehead atoms. The lowest BCUT2D eigenvalue weighted by atomic mass is 10.1. The summed E-state index contributed by atoms with van der Waals surface area (Å²) in [6, 6.07) is 5.02. The second kappa shape index (κ2) is 7.16. The lowest BCUT2D eigenvalue weighted by Crippen LogP contribution is -2.11. The third-order valence-corrected chi connectivity index (χ3v) is 5.53. The summed E-state index contributed by atoms with van der Waals surface area (Å²) >= 11 is 2.61. The number of alkyl halides is 3. The highest BCUT2D eigenvalue weighted by Gasteiger charge is 2.29. The van der Waals surface area contributed by atoms with Gasteiger partial charge in [0.05, 0.1) is 16.3 Å². The first kappa shape index (κ1) is 18.5. The van der Waals surface area contributed by atoms with Crippen LogP contribution in [0, 0.1) is 13.8 Å². The largest absolute Gasteiger partial charge is 0.416 e. The highest BCUT2D eigenvalue weighted by molar-refractivity contribution is 7.16. The van der Waals surface area contributed by atoms with Crippen molar-refractivity contribution in [2.24, 2.45) is 0 Å². The summed E-state index contributed by atoms with van der Waals surface area (Å²) in [5.74, 6) is -0.261. The summed E-state index contributed by atoms with van der Waals surface area (Å²) in [4.78, 5) is 22.0. The van der Waals surface area contributed by atoms with E-state index in [9.17, 15) is 18.0 Å². The van der Waals surface area contributed by atoms with Gasteiger partial charge in [-0.15, -0.1) is 22.7 Å². The Balaban J connectivity index is 1.66. The van der Waals surface area contributed by atoms with E-state index in [0.29, 0.717) is 22.1 Å². The van der Waals surface area contributed by atoms with E-state index in [1.165, 1.54) is 34.8 Å². The second-order valence-electron chi connectivity index (χ2n) is 5.60. The molecule has 3 rings (SSSR count). The number of amides is 1. The Bertz CT molecular complexity index is 930. The minimum Gasteiger partial charge on any atom is -0.297 e. The molecule has 0 aliphatic heterocycles. The predicted octanol–water partition coefficient (Wildman–Crippen LogP) is 5.08. The van der Waals surface area contributed by atoms with Gasteiger partial charge in [-0.05, 0) is 31.5 Å². The molecule has 136 valence electrons. The van der Waals surface area contributed by atoms with E-state index in [0.717, 1.165) is 27.6 Å². The van der Waals surface area contributed by atoms with Crippen LogP contribution in [0.2, 0.25) is 0 Å². The first-order valence-electron chi connectivity index (χ1n) is 7.58. The van der Waals surface area contributed by atoms with E-state index in [-0.39, 0.29) is 5.91 Å². The molecule has 2 aromatic heterocycles. The highest BCUT2D eigenvalue weighted by atomic mass is 32.1. The molecule has 0 saturated heterocycles. The van der Waals surface area contributed by atoms with Gasteiger partial charge >= 0.3 is 6.18 Å². The third kappa shape index (κ3) is 4.28. The summed E-state index contributed by atoms with van der Waals surface area (Å²) < 4.78 is 37.8. The van der Waals surface area contributed by atoms with Crippen LogP contribution in [-0.4, -0.2) is 15.9 Å². The summed E-state index contributed by atoms with van der Waals surface area (Å²) in [6.07, 6.45) is -2.28. The topological polar surface area (TPSA) is 54.9 Å². The Morgan fingerprint density at radius 1 is 1.15 bits per heavy atom. The summed E-state index contributed by atoms with van der Waals surface area (Å²) in [6.45, 7) is 3.61. The Morgan fingerprint density at radius 3 is 2.42 bits per heavy atom. The van der Waals surface area contributed by atoms with Crippen LogP contribution >= 0.6 is 22.7 Å². The van der Waals surface area contributed by atoms with Crippen molar-refractivity contribution < 1.29 is 18.0 Å². The van der Waals surface area contributed by atoms with Gasteiger partial charge in [-0.2, -0.15) is 13.2 Å². The van der Waals surface area contributed by atoms with Crippen molar-refractivity contribution in [1.29, 1.82) is 0 Å². The van der Waals surface area contributed by atoms with E-state index >= 15 is 0 Å². The number of aromatic nitrogens is 2. The normalized spacial score (nSPS) is 11.6. The fourth-order valence-electron chi connectivity index (χ4n) is 2.36. The molecule has 0 aliphatic carbocycles. The molecule has 2 heterocycles. The fourth-order valence-corrected chi connectivity index (χ4v) is 4.01. The fraction of sp³-hybridized carbons (Fsp3) is 0.235. The van der Waals surface area contributed by atoms with Crippen LogP contribution in [0.4, 0.5) is 18.3 Å². The van der Waals surface area contributed by atoms with Crippen LogP contribution in [0.15, 0.2) is 30.5 Å². The van der Waals surface area contributed by atoms with Crippen molar-refractivity contribution in [3.8, 4) is 0 Å². The monoisotopic (exact) mass is 397 g/mol. The van der Waals surface area contributed by atoms with Crippen molar-refractivity contribution in [1.82, 2.24) is 9.97 Å². The molecule has 4 nitrogen and oxygen atoms in total. The van der Waals surface area contributed by atoms with Gasteiger partial charge in [0.15, 0.2) is 5.13 Å². The Hall–Kier alpha value is -2.26. The quantitative estimate of drug-likeness (QED) is 0.668. The Morgan fingerprint density at radius 2 is 1.85 bits per heavy atom. The number of carbonyl (C=O) groups excluding carboxylic acids is 1. The average molecular weight is 397 g/mol. The number of rotatable bonds is 4. The van der Waals surface area contributed by atoms with Crippen molar-refractivity contribution in [2.75, 3.05) is 5.32 Å². The number of carbonyl (C=O) groups is 1. The van der Waals surface area contributed by atoms with Gasteiger partial charge in [-0.1, -0.05) is 12.1 Å². The van der Waals surface area contributed by atoms with E-state index in [4.69, 9.17) is 0 Å². The molecule has 3 aromatic rings. The third-order valence-electron chi connectivity index (χ3n) is 3.54. The van der Waals surface area contributed by atoms with Crippen LogP contribution in [0.5, 0.6) is 0 Å². The zero-order valence-electron chi connectivity index (χ0n) is 13.8. The van der Waals surface area contributed by atoms with Gasteiger partial charge in [-0.3, -0.25) is 10.1 Å². The zero-order chi connectivity index (χ0) is 18.9. The number of anilines is 1. The number of nitrogens with one attached hydrogen (secondary N) is 1. The highest BCUT2D eigenvalue weighted by Crippen LogP contribution is 2.30. The Labute approximate surface area is 155 Å². The van der Waals surface area contributed by atoms with Crippen LogP contribution in [0.25, 0.3) is 0 Å². The SMILES string of the molecule is Cc1nc(C)c(C(=O)Nc2ncc(Cc3ccc(C(F)(F)F)cc3)s2)s1. The first-order valence-corrected chi connectivity index (χ1v) is 9.22. The van der Waals surface area contributed by atoms with Gasteiger partial charge < -0.3 is 0 Å². The van der Waals surface area contributed by atoms with Crippen LogP contribution in [0.3, 0.4) is 0 Å². The van der Waals surface area contributed by atoms with E-state index < -0.39 is 11.7 Å². The van der Waals surface area contributed by atoms with E-state index in [1.54, 1.807) is 13.1 Å². The minimum atomic E-state index is -4.34. The molecule has 0 unspecified atom stereocenters. The van der Waals surface area contributed by atoms with Crippen LogP contribution < -0.4 is 5.32 Å². The number of aryl methyl sites for hydroxylation is 2. The maximum Gasteiger partial charge on any atom is 0.416 e. The molecular formula is C17H14F3N3OS2. The van der Waals surface area contributed by atoms with Gasteiger partial charge in [0.1, 0.15) is 4.88 Å². The maximum atomic E-state index is 12.6.